The minimum Gasteiger partial charge on any atom is -0.346 e. The molecule has 2 unspecified atom stereocenters. The lowest BCUT2D eigenvalue weighted by molar-refractivity contribution is -0.122. The average Bonchev–Trinajstić information content (AvgIpc) is 3.25. The summed E-state index contributed by atoms with van der Waals surface area (Å²) >= 11 is 5.79. The van der Waals surface area contributed by atoms with Crippen LogP contribution in [0.1, 0.15) is 49.3 Å². The van der Waals surface area contributed by atoms with Gasteiger partial charge in [0.2, 0.25) is 0 Å². The highest BCUT2D eigenvalue weighted by atomic mass is 32.1. The minimum atomic E-state index is -0.458. The maximum absolute atomic E-state index is 13.8. The number of hydrogen-bond acceptors (Lipinski definition) is 3. The van der Waals surface area contributed by atoms with Crippen molar-refractivity contribution in [1.82, 2.24) is 14.5 Å². The lowest BCUT2D eigenvalue weighted by Crippen LogP contribution is -2.24. The molecular weight excluding hydrogens is 438 g/mol. The van der Waals surface area contributed by atoms with Crippen molar-refractivity contribution in [2.24, 2.45) is 5.92 Å². The molecule has 0 saturated carbocycles. The topological polar surface area (TPSA) is 50.7 Å². The van der Waals surface area contributed by atoms with Crippen LogP contribution in [0.5, 0.6) is 0 Å². The number of aromatic nitrogens is 3. The van der Waals surface area contributed by atoms with E-state index >= 15 is 0 Å². The highest BCUT2D eigenvalue weighted by Gasteiger charge is 2.26. The van der Waals surface area contributed by atoms with Gasteiger partial charge in [0.25, 0.3) is 0 Å². The van der Waals surface area contributed by atoms with Crippen LogP contribution >= 0.6 is 12.2 Å². The van der Waals surface area contributed by atoms with Crippen LogP contribution in [0.25, 0.3) is 11.0 Å². The summed E-state index contributed by atoms with van der Waals surface area (Å²) in [5.41, 5.74) is 4.55. The summed E-state index contributed by atoms with van der Waals surface area (Å²) in [6, 6.07) is 22.1. The molecule has 1 aliphatic carbocycles. The zero-order valence-electron chi connectivity index (χ0n) is 19.2. The molecule has 34 heavy (non-hydrogen) atoms. The van der Waals surface area contributed by atoms with Gasteiger partial charge >= 0.3 is 0 Å². The third kappa shape index (κ3) is 4.95. The average molecular weight is 468 g/mol. The summed E-state index contributed by atoms with van der Waals surface area (Å²) < 4.78 is 2.51. The lowest BCUT2D eigenvalue weighted by Gasteiger charge is -2.23. The first-order valence-corrected chi connectivity index (χ1v) is 12.4. The van der Waals surface area contributed by atoms with Gasteiger partial charge in [-0.15, -0.1) is 0 Å². The maximum Gasteiger partial charge on any atom is 0.160 e. The molecule has 0 fully saturated rings. The fourth-order valence-electron chi connectivity index (χ4n) is 5.05. The Morgan fingerprint density at radius 1 is 1.06 bits per heavy atom. The van der Waals surface area contributed by atoms with Crippen molar-refractivity contribution in [3.8, 4) is 0 Å². The number of ketones is 1. The normalized spacial score (nSPS) is 17.2. The zero-order chi connectivity index (χ0) is 23.3. The number of rotatable bonds is 7. The molecule has 0 aliphatic heterocycles. The number of fused-ring (bicyclic) bond motifs is 1. The van der Waals surface area contributed by atoms with Crippen molar-refractivity contribution in [3.05, 3.63) is 107 Å². The van der Waals surface area contributed by atoms with Crippen LogP contribution < -0.4 is 0 Å². The van der Waals surface area contributed by atoms with Gasteiger partial charge in [0, 0.05) is 12.6 Å². The van der Waals surface area contributed by atoms with Crippen molar-refractivity contribution < 1.29 is 4.79 Å². The van der Waals surface area contributed by atoms with Crippen LogP contribution in [-0.4, -0.2) is 20.3 Å². The standard InChI is InChI=1S/C29H29N3OS/c33-26(19-23-11-7-10-22(14-15-23)18-21-8-3-1-4-9-21)27(24-12-5-2-6-13-24)32-20-31-28-25(29(32)34)16-17-30-28/h1-6,8-10,12-13,16-17,20,23,27,30H,7,11,14-15,18-19H2. The molecule has 172 valence electrons. The third-order valence-corrected chi connectivity index (χ3v) is 7.28. The third-order valence-electron chi connectivity index (χ3n) is 6.85. The molecule has 1 aliphatic rings. The van der Waals surface area contributed by atoms with Crippen molar-refractivity contribution >= 4 is 29.0 Å². The highest BCUT2D eigenvalue weighted by molar-refractivity contribution is 7.71. The number of nitrogens with zero attached hydrogens (tertiary/aromatic N) is 2. The van der Waals surface area contributed by atoms with E-state index in [-0.39, 0.29) is 5.78 Å². The zero-order valence-corrected chi connectivity index (χ0v) is 20.0. The number of benzene rings is 2. The smallest absolute Gasteiger partial charge is 0.160 e. The van der Waals surface area contributed by atoms with Gasteiger partial charge in [-0.05, 0) is 55.2 Å². The molecule has 0 bridgehead atoms. The summed E-state index contributed by atoms with van der Waals surface area (Å²) in [4.78, 5) is 21.4. The van der Waals surface area contributed by atoms with Gasteiger partial charge in [-0.25, -0.2) is 4.98 Å². The monoisotopic (exact) mass is 467 g/mol. The van der Waals surface area contributed by atoms with Crippen LogP contribution in [-0.2, 0) is 11.2 Å². The van der Waals surface area contributed by atoms with Gasteiger partial charge in [-0.2, -0.15) is 0 Å². The molecule has 0 radical (unpaired) electrons. The second-order valence-corrected chi connectivity index (χ2v) is 9.57. The molecule has 1 N–H and O–H groups in total. The number of Topliss-reactive ketones (excluding diaryl/α,β-unsaturated/α-hetero) is 1. The van der Waals surface area contributed by atoms with Gasteiger partial charge in [0.15, 0.2) is 5.78 Å². The van der Waals surface area contributed by atoms with E-state index in [0.29, 0.717) is 17.0 Å². The predicted molar refractivity (Wildman–Crippen MR) is 139 cm³/mol. The Morgan fingerprint density at radius 3 is 2.62 bits per heavy atom. The van der Waals surface area contributed by atoms with Crippen LogP contribution in [0.3, 0.4) is 0 Å². The fourth-order valence-corrected chi connectivity index (χ4v) is 5.37. The lowest BCUT2D eigenvalue weighted by atomic mass is 9.89. The number of carbonyl (C=O) groups excluding carboxylic acids is 1. The van der Waals surface area contributed by atoms with Crippen molar-refractivity contribution in [3.63, 3.8) is 0 Å². The maximum atomic E-state index is 13.8. The Hall–Kier alpha value is -3.31. The van der Waals surface area contributed by atoms with E-state index in [1.807, 2.05) is 47.2 Å². The summed E-state index contributed by atoms with van der Waals surface area (Å²) in [7, 11) is 0. The predicted octanol–water partition coefficient (Wildman–Crippen LogP) is 7.00. The van der Waals surface area contributed by atoms with E-state index in [4.69, 9.17) is 12.2 Å². The van der Waals surface area contributed by atoms with Crippen LogP contribution in [0.2, 0.25) is 0 Å². The molecule has 2 aromatic carbocycles. The molecular formula is C29H29N3OS. The van der Waals surface area contributed by atoms with Crippen molar-refractivity contribution in [2.75, 3.05) is 0 Å². The number of aromatic amines is 1. The fraction of sp³-hybridized carbons (Fsp3) is 0.276. The molecule has 5 rings (SSSR count). The molecule has 2 atom stereocenters. The van der Waals surface area contributed by atoms with Crippen LogP contribution in [0, 0.1) is 10.6 Å². The Kier molecular flexibility index (Phi) is 6.82. The summed E-state index contributed by atoms with van der Waals surface area (Å²) in [5.74, 6) is 0.580. The van der Waals surface area contributed by atoms with E-state index in [2.05, 4.69) is 46.4 Å². The quantitative estimate of drug-likeness (QED) is 0.235. The summed E-state index contributed by atoms with van der Waals surface area (Å²) in [6.07, 6.45) is 11.7. The number of nitrogens with one attached hydrogen (secondary N) is 1. The second-order valence-electron chi connectivity index (χ2n) is 9.19. The minimum absolute atomic E-state index is 0.204. The number of carbonyl (C=O) groups is 1. The number of hydrogen-bond donors (Lipinski definition) is 1. The Balaban J connectivity index is 1.34. The van der Waals surface area contributed by atoms with E-state index in [1.54, 1.807) is 6.33 Å². The second kappa shape index (κ2) is 10.3. The van der Waals surface area contributed by atoms with Crippen LogP contribution in [0.4, 0.5) is 0 Å². The van der Waals surface area contributed by atoms with E-state index in [9.17, 15) is 4.79 Å². The number of H-pyrrole nitrogens is 1. The van der Waals surface area contributed by atoms with E-state index < -0.39 is 6.04 Å². The molecule has 4 nitrogen and oxygen atoms in total. The highest BCUT2D eigenvalue weighted by Crippen LogP contribution is 2.31. The Labute approximate surface area is 205 Å². The molecule has 4 aromatic rings. The Bertz CT molecular complexity index is 1350. The molecule has 0 spiro atoms. The molecule has 0 saturated heterocycles. The van der Waals surface area contributed by atoms with Crippen LogP contribution in [0.15, 0.2) is 90.9 Å². The number of allylic oxidation sites excluding steroid dienone is 2. The van der Waals surface area contributed by atoms with E-state index in [1.165, 1.54) is 11.1 Å². The molecule has 2 aromatic heterocycles. The van der Waals surface area contributed by atoms with Crippen molar-refractivity contribution in [1.29, 1.82) is 0 Å². The first kappa shape index (κ1) is 22.5. The SMILES string of the molecule is O=C(CC1CCC=C(Cc2ccccc2)CC1)C(c1ccccc1)n1cnc2[nH]ccc2c1=S. The van der Waals surface area contributed by atoms with Gasteiger partial charge in [-0.1, -0.05) is 84.5 Å². The summed E-state index contributed by atoms with van der Waals surface area (Å²) in [5, 5.41) is 0.871. The van der Waals surface area contributed by atoms with E-state index in [0.717, 1.165) is 48.7 Å². The molecule has 2 heterocycles. The van der Waals surface area contributed by atoms with Gasteiger partial charge < -0.3 is 9.55 Å². The largest absolute Gasteiger partial charge is 0.346 e. The van der Waals surface area contributed by atoms with Gasteiger partial charge in [0.1, 0.15) is 16.3 Å². The summed E-state index contributed by atoms with van der Waals surface area (Å²) in [6.45, 7) is 0. The molecule has 5 heteroatoms. The first-order chi connectivity index (χ1) is 16.7. The van der Waals surface area contributed by atoms with Crippen molar-refractivity contribution in [2.45, 2.75) is 44.6 Å². The Morgan fingerprint density at radius 2 is 1.82 bits per heavy atom. The first-order valence-electron chi connectivity index (χ1n) is 12.0. The van der Waals surface area contributed by atoms with Gasteiger partial charge in [0.05, 0.1) is 11.7 Å². The molecule has 0 amide bonds. The van der Waals surface area contributed by atoms with Gasteiger partial charge in [-0.3, -0.25) is 4.79 Å².